The van der Waals surface area contributed by atoms with Gasteiger partial charge in [-0.2, -0.15) is 0 Å². The highest BCUT2D eigenvalue weighted by atomic mass is 19.1. The first kappa shape index (κ1) is 11.1. The zero-order valence-corrected chi connectivity index (χ0v) is 9.75. The van der Waals surface area contributed by atoms with Crippen LogP contribution in [-0.2, 0) is 0 Å². The predicted octanol–water partition coefficient (Wildman–Crippen LogP) is 3.00. The van der Waals surface area contributed by atoms with Crippen LogP contribution in [0.4, 0.5) is 4.39 Å². The molecule has 2 N–H and O–H groups in total. The molecule has 0 fully saturated rings. The first-order chi connectivity index (χ1) is 8.77. The Morgan fingerprint density at radius 3 is 2.39 bits per heavy atom. The standard InChI is InChI=1S/C15H13FN2/c16-13-8-4-3-7-12(13)15-14(17)11-6-2-1-5-10(11)9-18-15/h1-9,14-15H,17H2. The van der Waals surface area contributed by atoms with E-state index in [0.29, 0.717) is 5.56 Å². The summed E-state index contributed by atoms with van der Waals surface area (Å²) in [5, 5.41) is 0. The van der Waals surface area contributed by atoms with E-state index in [4.69, 9.17) is 5.73 Å². The Kier molecular flexibility index (Phi) is 2.68. The lowest BCUT2D eigenvalue weighted by molar-refractivity contribution is 0.525. The van der Waals surface area contributed by atoms with Crippen LogP contribution in [0.15, 0.2) is 53.5 Å². The molecule has 0 radical (unpaired) electrons. The van der Waals surface area contributed by atoms with E-state index in [-0.39, 0.29) is 17.9 Å². The van der Waals surface area contributed by atoms with Crippen molar-refractivity contribution >= 4 is 6.21 Å². The highest BCUT2D eigenvalue weighted by molar-refractivity contribution is 5.83. The number of benzene rings is 2. The summed E-state index contributed by atoms with van der Waals surface area (Å²) in [6.45, 7) is 0. The molecule has 0 spiro atoms. The molecule has 1 aliphatic heterocycles. The SMILES string of the molecule is NC1c2ccccc2C=NC1c1ccccc1F. The normalized spacial score (nSPS) is 21.7. The monoisotopic (exact) mass is 240 g/mol. The summed E-state index contributed by atoms with van der Waals surface area (Å²) in [7, 11) is 0. The fraction of sp³-hybridized carbons (Fsp3) is 0.133. The van der Waals surface area contributed by atoms with Crippen molar-refractivity contribution in [2.24, 2.45) is 10.7 Å². The molecule has 2 atom stereocenters. The molecule has 90 valence electrons. The Morgan fingerprint density at radius 1 is 0.944 bits per heavy atom. The van der Waals surface area contributed by atoms with Gasteiger partial charge in [-0.15, -0.1) is 0 Å². The summed E-state index contributed by atoms with van der Waals surface area (Å²) in [6.07, 6.45) is 1.77. The first-order valence-electron chi connectivity index (χ1n) is 5.89. The number of hydrogen-bond donors (Lipinski definition) is 1. The first-order valence-corrected chi connectivity index (χ1v) is 5.89. The van der Waals surface area contributed by atoms with E-state index < -0.39 is 0 Å². The van der Waals surface area contributed by atoms with Gasteiger partial charge in [-0.3, -0.25) is 4.99 Å². The van der Waals surface area contributed by atoms with Crippen molar-refractivity contribution in [1.82, 2.24) is 0 Å². The number of halogens is 1. The van der Waals surface area contributed by atoms with Crippen LogP contribution in [0.25, 0.3) is 0 Å². The molecule has 0 bridgehead atoms. The van der Waals surface area contributed by atoms with Crippen LogP contribution < -0.4 is 5.73 Å². The van der Waals surface area contributed by atoms with E-state index in [1.165, 1.54) is 6.07 Å². The van der Waals surface area contributed by atoms with Gasteiger partial charge in [-0.25, -0.2) is 4.39 Å². The van der Waals surface area contributed by atoms with Crippen molar-refractivity contribution in [3.8, 4) is 0 Å². The second-order valence-corrected chi connectivity index (χ2v) is 4.40. The van der Waals surface area contributed by atoms with Crippen molar-refractivity contribution in [2.45, 2.75) is 12.1 Å². The third-order valence-corrected chi connectivity index (χ3v) is 3.29. The van der Waals surface area contributed by atoms with Crippen LogP contribution in [-0.4, -0.2) is 6.21 Å². The fourth-order valence-electron chi connectivity index (χ4n) is 2.34. The molecule has 0 aliphatic carbocycles. The Balaban J connectivity index is 2.06. The summed E-state index contributed by atoms with van der Waals surface area (Å²) >= 11 is 0. The molecule has 1 heterocycles. The van der Waals surface area contributed by atoms with E-state index in [2.05, 4.69) is 4.99 Å². The van der Waals surface area contributed by atoms with Crippen molar-refractivity contribution < 1.29 is 4.39 Å². The van der Waals surface area contributed by atoms with Crippen LogP contribution in [0.2, 0.25) is 0 Å². The van der Waals surface area contributed by atoms with Gasteiger partial charge >= 0.3 is 0 Å². The molecule has 2 aromatic carbocycles. The Hall–Kier alpha value is -2.00. The second-order valence-electron chi connectivity index (χ2n) is 4.40. The minimum atomic E-state index is -0.346. The minimum Gasteiger partial charge on any atom is -0.322 e. The maximum atomic E-state index is 13.8. The molecule has 0 saturated carbocycles. The molecule has 3 rings (SSSR count). The maximum Gasteiger partial charge on any atom is 0.128 e. The van der Waals surface area contributed by atoms with Gasteiger partial charge in [-0.05, 0) is 17.2 Å². The quantitative estimate of drug-likeness (QED) is 0.817. The molecule has 3 heteroatoms. The number of hydrogen-bond acceptors (Lipinski definition) is 2. The summed E-state index contributed by atoms with van der Waals surface area (Å²) in [5.41, 5.74) is 8.79. The van der Waals surface area contributed by atoms with Gasteiger partial charge in [-0.1, -0.05) is 42.5 Å². The van der Waals surface area contributed by atoms with Gasteiger partial charge in [0.15, 0.2) is 0 Å². The molecule has 2 aromatic rings. The third-order valence-electron chi connectivity index (χ3n) is 3.29. The molecule has 0 aromatic heterocycles. The lowest BCUT2D eigenvalue weighted by Gasteiger charge is -2.26. The molecular formula is C15H13FN2. The summed E-state index contributed by atoms with van der Waals surface area (Å²) in [4.78, 5) is 4.39. The molecular weight excluding hydrogens is 227 g/mol. The molecule has 0 amide bonds. The average molecular weight is 240 g/mol. The van der Waals surface area contributed by atoms with Crippen LogP contribution in [0.5, 0.6) is 0 Å². The smallest absolute Gasteiger partial charge is 0.128 e. The van der Waals surface area contributed by atoms with Gasteiger partial charge in [0.2, 0.25) is 0 Å². The highest BCUT2D eigenvalue weighted by Crippen LogP contribution is 2.35. The van der Waals surface area contributed by atoms with Gasteiger partial charge in [0, 0.05) is 11.8 Å². The highest BCUT2D eigenvalue weighted by Gasteiger charge is 2.27. The number of aliphatic imine (C=N–C) groups is 1. The topological polar surface area (TPSA) is 38.4 Å². The molecule has 18 heavy (non-hydrogen) atoms. The fourth-order valence-corrected chi connectivity index (χ4v) is 2.34. The predicted molar refractivity (Wildman–Crippen MR) is 70.1 cm³/mol. The molecule has 2 nitrogen and oxygen atoms in total. The average Bonchev–Trinajstić information content (AvgIpc) is 2.41. The van der Waals surface area contributed by atoms with E-state index in [0.717, 1.165) is 11.1 Å². The van der Waals surface area contributed by atoms with Crippen molar-refractivity contribution in [2.75, 3.05) is 0 Å². The van der Waals surface area contributed by atoms with Gasteiger partial charge in [0.1, 0.15) is 5.82 Å². The lowest BCUT2D eigenvalue weighted by Crippen LogP contribution is -2.24. The van der Waals surface area contributed by atoms with Gasteiger partial charge in [0.25, 0.3) is 0 Å². The van der Waals surface area contributed by atoms with E-state index in [1.54, 1.807) is 24.4 Å². The summed E-state index contributed by atoms with van der Waals surface area (Å²) in [5.74, 6) is -0.255. The third kappa shape index (κ3) is 1.73. The summed E-state index contributed by atoms with van der Waals surface area (Å²) < 4.78 is 13.8. The van der Waals surface area contributed by atoms with Crippen LogP contribution in [0, 0.1) is 5.82 Å². The van der Waals surface area contributed by atoms with Crippen LogP contribution in [0.3, 0.4) is 0 Å². The Morgan fingerprint density at radius 2 is 1.61 bits per heavy atom. The number of nitrogens with zero attached hydrogens (tertiary/aromatic N) is 1. The lowest BCUT2D eigenvalue weighted by atomic mass is 9.89. The molecule has 0 saturated heterocycles. The van der Waals surface area contributed by atoms with E-state index >= 15 is 0 Å². The summed E-state index contributed by atoms with van der Waals surface area (Å²) in [6, 6.07) is 13.8. The van der Waals surface area contributed by atoms with Crippen LogP contribution in [0.1, 0.15) is 28.8 Å². The second kappa shape index (κ2) is 4.35. The zero-order valence-electron chi connectivity index (χ0n) is 9.75. The van der Waals surface area contributed by atoms with Crippen LogP contribution >= 0.6 is 0 Å². The van der Waals surface area contributed by atoms with Gasteiger partial charge < -0.3 is 5.73 Å². The largest absolute Gasteiger partial charge is 0.322 e. The Bertz CT molecular complexity index is 607. The number of rotatable bonds is 1. The maximum absolute atomic E-state index is 13.8. The van der Waals surface area contributed by atoms with Crippen molar-refractivity contribution in [3.63, 3.8) is 0 Å². The zero-order chi connectivity index (χ0) is 12.5. The van der Waals surface area contributed by atoms with E-state index in [1.807, 2.05) is 24.3 Å². The minimum absolute atomic E-state index is 0.255. The number of nitrogens with two attached hydrogens (primary N) is 1. The van der Waals surface area contributed by atoms with Gasteiger partial charge in [0.05, 0.1) is 12.1 Å². The molecule has 1 aliphatic rings. The van der Waals surface area contributed by atoms with E-state index in [9.17, 15) is 4.39 Å². The Labute approximate surface area is 105 Å². The molecule has 2 unspecified atom stereocenters. The van der Waals surface area contributed by atoms with Crippen molar-refractivity contribution in [3.05, 3.63) is 71.0 Å². The van der Waals surface area contributed by atoms with Crippen molar-refractivity contribution in [1.29, 1.82) is 0 Å². The number of fused-ring (bicyclic) bond motifs is 1.